The molecule has 1 aliphatic rings. The molecule has 0 spiro atoms. The van der Waals surface area contributed by atoms with Crippen molar-refractivity contribution in [3.05, 3.63) is 17.5 Å². The lowest BCUT2D eigenvalue weighted by Gasteiger charge is -2.23. The standard InChI is InChI=1S/C23H31ClN4O4/c1-3-5-6-7-8-9-10-15-30-22(29)31-16-23(4-2)13-11-18(32-23)28-14-12-17-19(25)26-21(24)27-20(17)28/h2,12,14,18H,3,5-11,13,15-16H2,1H3,(H2,25,26,27)/t18-,23+/m1/s1. The van der Waals surface area contributed by atoms with Gasteiger partial charge in [0.05, 0.1) is 12.0 Å². The van der Waals surface area contributed by atoms with Gasteiger partial charge in [0.1, 0.15) is 24.3 Å². The number of unbranched alkanes of at least 4 members (excludes halogenated alkanes) is 6. The molecule has 0 aromatic carbocycles. The topological polar surface area (TPSA) is 101 Å². The number of fused-ring (bicyclic) bond motifs is 1. The van der Waals surface area contributed by atoms with Gasteiger partial charge >= 0.3 is 6.16 Å². The molecule has 0 unspecified atom stereocenters. The van der Waals surface area contributed by atoms with Crippen LogP contribution in [-0.4, -0.2) is 39.5 Å². The summed E-state index contributed by atoms with van der Waals surface area (Å²) in [5.41, 5.74) is 5.46. The number of carbonyl (C=O) groups excluding carboxylic acids is 1. The first-order valence-electron chi connectivity index (χ1n) is 11.2. The second kappa shape index (κ2) is 11.4. The molecule has 32 heavy (non-hydrogen) atoms. The van der Waals surface area contributed by atoms with Gasteiger partial charge in [0.25, 0.3) is 0 Å². The maximum atomic E-state index is 12.0. The first-order chi connectivity index (χ1) is 15.5. The van der Waals surface area contributed by atoms with Crippen molar-refractivity contribution in [2.24, 2.45) is 0 Å². The molecule has 0 saturated carbocycles. The molecule has 0 bridgehead atoms. The van der Waals surface area contributed by atoms with Crippen molar-refractivity contribution in [2.75, 3.05) is 18.9 Å². The van der Waals surface area contributed by atoms with Gasteiger partial charge in [-0.2, -0.15) is 4.98 Å². The molecule has 2 aromatic heterocycles. The molecule has 0 amide bonds. The summed E-state index contributed by atoms with van der Waals surface area (Å²) >= 11 is 5.96. The smallest absolute Gasteiger partial charge is 0.434 e. The largest absolute Gasteiger partial charge is 0.508 e. The molecule has 174 valence electrons. The highest BCUT2D eigenvalue weighted by Gasteiger charge is 2.41. The fourth-order valence-electron chi connectivity index (χ4n) is 3.88. The quantitative estimate of drug-likeness (QED) is 0.210. The molecule has 2 aromatic rings. The van der Waals surface area contributed by atoms with E-state index in [9.17, 15) is 4.79 Å². The van der Waals surface area contributed by atoms with Crippen LogP contribution < -0.4 is 5.73 Å². The van der Waals surface area contributed by atoms with E-state index in [0.717, 1.165) is 19.3 Å². The number of anilines is 1. The Bertz CT molecular complexity index is 957. The van der Waals surface area contributed by atoms with Crippen LogP contribution in [0.1, 0.15) is 70.9 Å². The number of nitrogens with zero attached hydrogens (tertiary/aromatic N) is 3. The number of ether oxygens (including phenoxy) is 3. The van der Waals surface area contributed by atoms with Crippen LogP contribution in [0.2, 0.25) is 5.28 Å². The lowest BCUT2D eigenvalue weighted by atomic mass is 10.0. The molecule has 0 radical (unpaired) electrons. The number of hydrogen-bond acceptors (Lipinski definition) is 7. The number of nitrogens with two attached hydrogens (primary N) is 1. The zero-order chi connectivity index (χ0) is 23.0. The number of terminal acetylenes is 1. The van der Waals surface area contributed by atoms with Crippen molar-refractivity contribution in [3.63, 3.8) is 0 Å². The highest BCUT2D eigenvalue weighted by atomic mass is 35.5. The summed E-state index contributed by atoms with van der Waals surface area (Å²) in [4.78, 5) is 20.2. The number of hydrogen-bond donors (Lipinski definition) is 1. The number of halogens is 1. The predicted molar refractivity (Wildman–Crippen MR) is 123 cm³/mol. The van der Waals surface area contributed by atoms with E-state index in [1.807, 2.05) is 4.57 Å². The number of rotatable bonds is 11. The molecule has 9 heteroatoms. The maximum Gasteiger partial charge on any atom is 0.508 e. The van der Waals surface area contributed by atoms with Gasteiger partial charge in [-0.1, -0.05) is 51.4 Å². The van der Waals surface area contributed by atoms with Crippen LogP contribution in [0, 0.1) is 12.3 Å². The average Bonchev–Trinajstić information content (AvgIpc) is 3.39. The predicted octanol–water partition coefficient (Wildman–Crippen LogP) is 5.25. The van der Waals surface area contributed by atoms with Gasteiger partial charge in [-0.3, -0.25) is 0 Å². The average molecular weight is 463 g/mol. The van der Waals surface area contributed by atoms with Crippen molar-refractivity contribution < 1.29 is 19.0 Å². The Balaban J connectivity index is 1.46. The highest BCUT2D eigenvalue weighted by Crippen LogP contribution is 2.38. The molecule has 2 N–H and O–H groups in total. The molecule has 3 rings (SSSR count). The minimum Gasteiger partial charge on any atom is -0.434 e. The van der Waals surface area contributed by atoms with Crippen LogP contribution in [0.15, 0.2) is 12.3 Å². The van der Waals surface area contributed by atoms with Gasteiger partial charge in [0.2, 0.25) is 5.28 Å². The second-order valence-electron chi connectivity index (χ2n) is 8.10. The first kappa shape index (κ1) is 24.1. The molecule has 3 heterocycles. The molecular formula is C23H31ClN4O4. The van der Waals surface area contributed by atoms with Crippen LogP contribution in [0.25, 0.3) is 11.0 Å². The Kier molecular flexibility index (Phi) is 8.60. The minimum absolute atomic E-state index is 0.0585. The molecule has 2 atom stereocenters. The van der Waals surface area contributed by atoms with Gasteiger partial charge in [0.15, 0.2) is 5.60 Å². The SMILES string of the molecule is C#C[C@@]1(COC(=O)OCCCCCCCCC)CC[C@H](n2ccc3c(N)nc(Cl)nc32)O1. The number of nitrogen functional groups attached to an aromatic ring is 1. The third kappa shape index (κ3) is 6.05. The van der Waals surface area contributed by atoms with Crippen molar-refractivity contribution in [1.29, 1.82) is 0 Å². The Morgan fingerprint density at radius 2 is 2.06 bits per heavy atom. The zero-order valence-corrected chi connectivity index (χ0v) is 19.3. The minimum atomic E-state index is -1.03. The number of carbonyl (C=O) groups is 1. The highest BCUT2D eigenvalue weighted by molar-refractivity contribution is 6.28. The second-order valence-corrected chi connectivity index (χ2v) is 8.43. The monoisotopic (exact) mass is 462 g/mol. The van der Waals surface area contributed by atoms with E-state index < -0.39 is 11.8 Å². The molecule has 8 nitrogen and oxygen atoms in total. The molecule has 1 fully saturated rings. The summed E-state index contributed by atoms with van der Waals surface area (Å²) in [5, 5.41) is 0.740. The number of aromatic nitrogens is 3. The van der Waals surface area contributed by atoms with E-state index in [2.05, 4.69) is 22.8 Å². The molecule has 1 saturated heterocycles. The van der Waals surface area contributed by atoms with E-state index in [0.29, 0.717) is 36.3 Å². The van der Waals surface area contributed by atoms with Crippen LogP contribution in [-0.2, 0) is 14.2 Å². The Morgan fingerprint density at radius 1 is 1.31 bits per heavy atom. The summed E-state index contributed by atoms with van der Waals surface area (Å²) < 4.78 is 18.4. The zero-order valence-electron chi connectivity index (χ0n) is 18.5. The van der Waals surface area contributed by atoms with Crippen LogP contribution in [0.4, 0.5) is 10.6 Å². The summed E-state index contributed by atoms with van der Waals surface area (Å²) in [5.74, 6) is 2.94. The van der Waals surface area contributed by atoms with E-state index in [1.165, 1.54) is 25.7 Å². The van der Waals surface area contributed by atoms with Crippen LogP contribution >= 0.6 is 11.6 Å². The first-order valence-corrected chi connectivity index (χ1v) is 11.6. The van der Waals surface area contributed by atoms with E-state index in [-0.39, 0.29) is 18.1 Å². The Hall–Kier alpha value is -2.50. The summed E-state index contributed by atoms with van der Waals surface area (Å²) in [6.45, 7) is 2.47. The summed E-state index contributed by atoms with van der Waals surface area (Å²) in [7, 11) is 0. The summed E-state index contributed by atoms with van der Waals surface area (Å²) in [6.07, 6.45) is 15.6. The van der Waals surface area contributed by atoms with Gasteiger partial charge < -0.3 is 24.5 Å². The van der Waals surface area contributed by atoms with E-state index in [4.69, 9.17) is 38.0 Å². The normalized spacial score (nSPS) is 20.3. The van der Waals surface area contributed by atoms with Crippen molar-refractivity contribution >= 4 is 34.6 Å². The van der Waals surface area contributed by atoms with Crippen molar-refractivity contribution in [2.45, 2.75) is 76.5 Å². The van der Waals surface area contributed by atoms with E-state index >= 15 is 0 Å². The van der Waals surface area contributed by atoms with Crippen molar-refractivity contribution in [1.82, 2.24) is 14.5 Å². The molecule has 1 aliphatic heterocycles. The van der Waals surface area contributed by atoms with Gasteiger partial charge in [-0.15, -0.1) is 6.42 Å². The Morgan fingerprint density at radius 3 is 2.81 bits per heavy atom. The molecule has 0 aliphatic carbocycles. The fourth-order valence-corrected chi connectivity index (χ4v) is 4.05. The molecular weight excluding hydrogens is 432 g/mol. The lowest BCUT2D eigenvalue weighted by Crippen LogP contribution is -2.34. The van der Waals surface area contributed by atoms with Crippen molar-refractivity contribution in [3.8, 4) is 12.3 Å². The van der Waals surface area contributed by atoms with E-state index in [1.54, 1.807) is 12.3 Å². The van der Waals surface area contributed by atoms with Gasteiger partial charge in [0, 0.05) is 6.20 Å². The van der Waals surface area contributed by atoms with Crippen LogP contribution in [0.5, 0.6) is 0 Å². The maximum absolute atomic E-state index is 12.0. The van der Waals surface area contributed by atoms with Gasteiger partial charge in [-0.05, 0) is 36.9 Å². The lowest BCUT2D eigenvalue weighted by molar-refractivity contribution is -0.0730. The van der Waals surface area contributed by atoms with Gasteiger partial charge in [-0.25, -0.2) is 9.78 Å². The summed E-state index contributed by atoms with van der Waals surface area (Å²) in [6, 6.07) is 1.80. The third-order valence-electron chi connectivity index (χ3n) is 5.70. The fraction of sp³-hybridized carbons (Fsp3) is 0.609. The third-order valence-corrected chi connectivity index (χ3v) is 5.86. The Labute approximate surface area is 193 Å². The van der Waals surface area contributed by atoms with Crippen LogP contribution in [0.3, 0.4) is 0 Å².